The minimum absolute atomic E-state index is 0.0742. The largest absolute Gasteiger partial charge is 0.493 e. The molecule has 4 aromatic rings. The Kier molecular flexibility index (Phi) is 11.0. The maximum atomic E-state index is 12.7. The summed E-state index contributed by atoms with van der Waals surface area (Å²) in [7, 11) is 0. The highest BCUT2D eigenvalue weighted by Gasteiger charge is 2.27. The highest BCUT2D eigenvalue weighted by atomic mass is 16.6. The van der Waals surface area contributed by atoms with E-state index in [-0.39, 0.29) is 29.1 Å². The van der Waals surface area contributed by atoms with E-state index in [2.05, 4.69) is 10.8 Å². The van der Waals surface area contributed by atoms with Crippen LogP contribution in [0.1, 0.15) is 43.1 Å². The van der Waals surface area contributed by atoms with E-state index in [0.29, 0.717) is 36.8 Å². The molecule has 0 aromatic heterocycles. The average molecular weight is 647 g/mol. The molecule has 4 rings (SSSR count). The van der Waals surface area contributed by atoms with Crippen molar-refractivity contribution < 1.29 is 48.8 Å². The Balaban J connectivity index is 1.20. The predicted molar refractivity (Wildman–Crippen MR) is 165 cm³/mol. The number of carboxylic acids is 2. The Morgan fingerprint density at radius 2 is 1.19 bits per heavy atom. The second kappa shape index (κ2) is 15.4. The quantitative estimate of drug-likeness (QED) is 0.0666. The van der Waals surface area contributed by atoms with Crippen LogP contribution in [0.25, 0.3) is 0 Å². The number of carbonyl (C=O) groups is 3. The van der Waals surface area contributed by atoms with Gasteiger partial charge in [-0.05, 0) is 60.7 Å². The number of carbonyl (C=O) groups excluding carboxylic acids is 1. The summed E-state index contributed by atoms with van der Waals surface area (Å²) in [5, 5.41) is 43.8. The van der Waals surface area contributed by atoms with Crippen molar-refractivity contribution >= 4 is 40.6 Å². The van der Waals surface area contributed by atoms with Gasteiger partial charge in [0.05, 0.1) is 45.4 Å². The molecule has 0 aliphatic heterocycles. The number of nitro groups is 2. The lowest BCUT2D eigenvalue weighted by Gasteiger charge is -2.11. The number of benzene rings is 4. The van der Waals surface area contributed by atoms with Gasteiger partial charge >= 0.3 is 11.9 Å². The Hall–Kier alpha value is -6.55. The van der Waals surface area contributed by atoms with Gasteiger partial charge in [-0.25, -0.2) is 9.59 Å². The SMILES string of the molecule is O=C(O)c1cccc([N+](=O)[O-])c1CONc1ccc(OCCCOc2ccc(NC(=O)c3c(C(=O)O)cccc3[N+](=O)[O-])cc2)cc1. The van der Waals surface area contributed by atoms with Crippen LogP contribution in [-0.2, 0) is 11.4 Å². The molecule has 0 aliphatic carbocycles. The summed E-state index contributed by atoms with van der Waals surface area (Å²) in [5.41, 5.74) is 1.04. The molecule has 16 nitrogen and oxygen atoms in total. The van der Waals surface area contributed by atoms with Gasteiger partial charge in [0.15, 0.2) is 0 Å². The van der Waals surface area contributed by atoms with Crippen LogP contribution in [0.15, 0.2) is 84.9 Å². The van der Waals surface area contributed by atoms with Gasteiger partial charge in [0.25, 0.3) is 17.3 Å². The van der Waals surface area contributed by atoms with Crippen LogP contribution < -0.4 is 20.3 Å². The van der Waals surface area contributed by atoms with Crippen molar-refractivity contribution in [2.45, 2.75) is 13.0 Å². The fraction of sp³-hybridized carbons (Fsp3) is 0.129. The molecule has 1 amide bonds. The van der Waals surface area contributed by atoms with Crippen molar-refractivity contribution in [3.8, 4) is 11.5 Å². The first-order chi connectivity index (χ1) is 22.5. The number of rotatable bonds is 16. The van der Waals surface area contributed by atoms with E-state index in [9.17, 15) is 44.8 Å². The zero-order chi connectivity index (χ0) is 33.9. The maximum Gasteiger partial charge on any atom is 0.336 e. The van der Waals surface area contributed by atoms with E-state index in [4.69, 9.17) is 14.3 Å². The number of hydrogen-bond acceptors (Lipinski definition) is 11. The number of nitrogens with zero attached hydrogens (tertiary/aromatic N) is 2. The van der Waals surface area contributed by atoms with Crippen LogP contribution in [0.2, 0.25) is 0 Å². The smallest absolute Gasteiger partial charge is 0.336 e. The van der Waals surface area contributed by atoms with Gasteiger partial charge < -0.3 is 25.0 Å². The first-order valence-electron chi connectivity index (χ1n) is 13.7. The maximum absolute atomic E-state index is 12.7. The molecule has 242 valence electrons. The third kappa shape index (κ3) is 8.77. The van der Waals surface area contributed by atoms with Gasteiger partial charge in [0.1, 0.15) is 23.7 Å². The molecule has 0 bridgehead atoms. The molecule has 0 atom stereocenters. The highest BCUT2D eigenvalue weighted by molar-refractivity contribution is 6.13. The molecule has 0 radical (unpaired) electrons. The molecule has 4 aromatic carbocycles. The first-order valence-corrected chi connectivity index (χ1v) is 13.7. The Morgan fingerprint density at radius 1 is 0.681 bits per heavy atom. The van der Waals surface area contributed by atoms with Crippen molar-refractivity contribution in [1.29, 1.82) is 0 Å². The Bertz CT molecular complexity index is 1730. The molecular weight excluding hydrogens is 620 g/mol. The molecule has 0 saturated carbocycles. The second-order valence-corrected chi connectivity index (χ2v) is 9.57. The van der Waals surface area contributed by atoms with Crippen LogP contribution in [0.4, 0.5) is 22.7 Å². The van der Waals surface area contributed by atoms with Gasteiger partial charge in [-0.2, -0.15) is 0 Å². The monoisotopic (exact) mass is 646 g/mol. The average Bonchev–Trinajstić information content (AvgIpc) is 3.05. The first kappa shape index (κ1) is 33.3. The summed E-state index contributed by atoms with van der Waals surface area (Å²) < 4.78 is 11.4. The minimum atomic E-state index is -1.47. The molecular formula is C31H26N4O12. The molecule has 16 heteroatoms. The molecule has 0 aliphatic rings. The van der Waals surface area contributed by atoms with Crippen molar-refractivity contribution in [2.75, 3.05) is 24.0 Å². The van der Waals surface area contributed by atoms with Gasteiger partial charge in [-0.1, -0.05) is 12.1 Å². The Labute approximate surface area is 265 Å². The van der Waals surface area contributed by atoms with Crippen molar-refractivity contribution in [1.82, 2.24) is 0 Å². The van der Waals surface area contributed by atoms with Crippen LogP contribution in [0.3, 0.4) is 0 Å². The third-order valence-corrected chi connectivity index (χ3v) is 6.47. The number of nitrogens with one attached hydrogen (secondary N) is 2. The third-order valence-electron chi connectivity index (χ3n) is 6.47. The van der Waals surface area contributed by atoms with Gasteiger partial charge in [0.2, 0.25) is 0 Å². The standard InChI is InChI=1S/C31H26N4O12/c36-29(28-24(31(39)40)5-2-7-27(28)35(43)44)32-19-8-12-21(13-9-19)45-16-3-17-46-22-14-10-20(11-15-22)33-47-18-25-23(30(37)38)4-1-6-26(25)34(41)42/h1-2,4-15,33H,3,16-18H2,(H,32,36)(H,37,38)(H,39,40). The van der Waals surface area contributed by atoms with E-state index in [1.807, 2.05) is 0 Å². The molecule has 4 N–H and O–H groups in total. The lowest BCUT2D eigenvalue weighted by Crippen LogP contribution is -2.18. The van der Waals surface area contributed by atoms with Gasteiger partial charge in [-0.3, -0.25) is 35.3 Å². The summed E-state index contributed by atoms with van der Waals surface area (Å²) in [5.74, 6) is -2.69. The van der Waals surface area contributed by atoms with Crippen LogP contribution in [-0.4, -0.2) is 51.1 Å². The van der Waals surface area contributed by atoms with E-state index in [1.165, 1.54) is 36.4 Å². The number of nitro benzene ring substituents is 2. The molecule has 0 saturated heterocycles. The number of ether oxygens (including phenoxy) is 2. The molecule has 47 heavy (non-hydrogen) atoms. The summed E-state index contributed by atoms with van der Waals surface area (Å²) in [4.78, 5) is 62.1. The van der Waals surface area contributed by atoms with Crippen LogP contribution in [0.5, 0.6) is 11.5 Å². The van der Waals surface area contributed by atoms with E-state index in [0.717, 1.165) is 12.1 Å². The summed E-state index contributed by atoms with van der Waals surface area (Å²) in [6.45, 7) is 0.247. The fourth-order valence-electron chi connectivity index (χ4n) is 4.28. The number of anilines is 2. The van der Waals surface area contributed by atoms with Crippen LogP contribution in [0, 0.1) is 20.2 Å². The molecule has 0 heterocycles. The van der Waals surface area contributed by atoms with Gasteiger partial charge in [0, 0.05) is 24.2 Å². The fourth-order valence-corrected chi connectivity index (χ4v) is 4.28. The molecule has 0 fully saturated rings. The van der Waals surface area contributed by atoms with E-state index in [1.54, 1.807) is 36.4 Å². The van der Waals surface area contributed by atoms with Crippen molar-refractivity contribution in [3.63, 3.8) is 0 Å². The normalized spacial score (nSPS) is 10.5. The number of amides is 1. The molecule has 0 spiro atoms. The predicted octanol–water partition coefficient (Wildman–Crippen LogP) is 5.54. The Morgan fingerprint density at radius 3 is 1.72 bits per heavy atom. The van der Waals surface area contributed by atoms with E-state index < -0.39 is 44.5 Å². The zero-order valence-corrected chi connectivity index (χ0v) is 24.3. The van der Waals surface area contributed by atoms with Crippen LogP contribution >= 0.6 is 0 Å². The second-order valence-electron chi connectivity index (χ2n) is 9.57. The van der Waals surface area contributed by atoms with Crippen molar-refractivity contribution in [3.05, 3.63) is 127 Å². The van der Waals surface area contributed by atoms with Gasteiger partial charge in [-0.15, -0.1) is 0 Å². The lowest BCUT2D eigenvalue weighted by molar-refractivity contribution is -0.386. The zero-order valence-electron chi connectivity index (χ0n) is 24.3. The highest BCUT2D eigenvalue weighted by Crippen LogP contribution is 2.26. The number of carboxylic acid groups (broad SMARTS) is 2. The number of hydrogen-bond donors (Lipinski definition) is 4. The number of aromatic carboxylic acids is 2. The summed E-state index contributed by atoms with van der Waals surface area (Å²) in [6.07, 6.45) is 0.513. The lowest BCUT2D eigenvalue weighted by atomic mass is 10.0. The topological polar surface area (TPSA) is 230 Å². The summed E-state index contributed by atoms with van der Waals surface area (Å²) >= 11 is 0. The molecule has 0 unspecified atom stereocenters. The summed E-state index contributed by atoms with van der Waals surface area (Å²) in [6, 6.07) is 19.9. The van der Waals surface area contributed by atoms with E-state index >= 15 is 0 Å². The minimum Gasteiger partial charge on any atom is -0.493 e. The van der Waals surface area contributed by atoms with Crippen molar-refractivity contribution in [2.24, 2.45) is 0 Å².